The van der Waals surface area contributed by atoms with Crippen molar-refractivity contribution >= 4 is 32.8 Å². The number of nitrogens with two attached hydrogens (primary N) is 1. The van der Waals surface area contributed by atoms with Crippen LogP contribution in [0.5, 0.6) is 5.88 Å². The minimum absolute atomic E-state index is 0.304. The van der Waals surface area contributed by atoms with E-state index in [9.17, 15) is 0 Å². The standard InChI is InChI=1S/C15H12BrN3O/c16-11-5-3-4-10(8-11)9-20-15-14(17)18-12-6-1-2-7-13(12)19-15/h1-8H,9H2,(H2,17,18). The third kappa shape index (κ3) is 2.72. The first-order chi connectivity index (χ1) is 9.72. The first kappa shape index (κ1) is 12.9. The summed E-state index contributed by atoms with van der Waals surface area (Å²) in [4.78, 5) is 8.68. The molecule has 0 bridgehead atoms. The number of hydrogen-bond donors (Lipinski definition) is 1. The van der Waals surface area contributed by atoms with E-state index in [0.717, 1.165) is 21.1 Å². The Labute approximate surface area is 124 Å². The van der Waals surface area contributed by atoms with Gasteiger partial charge in [0.2, 0.25) is 0 Å². The van der Waals surface area contributed by atoms with Gasteiger partial charge in [0.1, 0.15) is 6.61 Å². The van der Waals surface area contributed by atoms with Gasteiger partial charge in [-0.1, -0.05) is 40.2 Å². The van der Waals surface area contributed by atoms with Crippen LogP contribution in [0.4, 0.5) is 5.82 Å². The fourth-order valence-corrected chi connectivity index (χ4v) is 2.33. The zero-order valence-electron chi connectivity index (χ0n) is 10.6. The van der Waals surface area contributed by atoms with Crippen molar-refractivity contribution in [3.63, 3.8) is 0 Å². The lowest BCUT2D eigenvalue weighted by atomic mass is 10.2. The SMILES string of the molecule is Nc1nc2ccccc2nc1OCc1cccc(Br)c1. The number of rotatable bonds is 3. The van der Waals surface area contributed by atoms with E-state index in [-0.39, 0.29) is 0 Å². The highest BCUT2D eigenvalue weighted by Gasteiger charge is 2.07. The summed E-state index contributed by atoms with van der Waals surface area (Å²) in [7, 11) is 0. The molecule has 0 aliphatic rings. The van der Waals surface area contributed by atoms with Crippen molar-refractivity contribution in [2.75, 3.05) is 5.73 Å². The fourth-order valence-electron chi connectivity index (χ4n) is 1.88. The lowest BCUT2D eigenvalue weighted by Gasteiger charge is -2.08. The largest absolute Gasteiger partial charge is 0.470 e. The Balaban J connectivity index is 1.85. The summed E-state index contributed by atoms with van der Waals surface area (Å²) in [5.74, 6) is 0.669. The Kier molecular flexibility index (Phi) is 3.52. The summed E-state index contributed by atoms with van der Waals surface area (Å²) in [6, 6.07) is 15.5. The van der Waals surface area contributed by atoms with Gasteiger partial charge in [0.25, 0.3) is 5.88 Å². The van der Waals surface area contributed by atoms with Gasteiger partial charge in [0.15, 0.2) is 5.82 Å². The highest BCUT2D eigenvalue weighted by atomic mass is 79.9. The highest BCUT2D eigenvalue weighted by Crippen LogP contribution is 2.22. The van der Waals surface area contributed by atoms with E-state index in [2.05, 4.69) is 25.9 Å². The average molecular weight is 330 g/mol. The maximum absolute atomic E-state index is 5.87. The molecule has 3 aromatic rings. The lowest BCUT2D eigenvalue weighted by molar-refractivity contribution is 0.296. The van der Waals surface area contributed by atoms with E-state index in [0.29, 0.717) is 18.3 Å². The van der Waals surface area contributed by atoms with Crippen LogP contribution in [0.1, 0.15) is 5.56 Å². The second-order valence-corrected chi connectivity index (χ2v) is 5.24. The third-order valence-electron chi connectivity index (χ3n) is 2.83. The van der Waals surface area contributed by atoms with Crippen LogP contribution < -0.4 is 10.5 Å². The van der Waals surface area contributed by atoms with Gasteiger partial charge in [-0.2, -0.15) is 0 Å². The number of anilines is 1. The highest BCUT2D eigenvalue weighted by molar-refractivity contribution is 9.10. The Morgan fingerprint density at radius 1 is 1.00 bits per heavy atom. The van der Waals surface area contributed by atoms with E-state index < -0.39 is 0 Å². The van der Waals surface area contributed by atoms with Crippen molar-refractivity contribution in [1.29, 1.82) is 0 Å². The Hall–Kier alpha value is -2.14. The number of benzene rings is 2. The molecular weight excluding hydrogens is 318 g/mol. The van der Waals surface area contributed by atoms with E-state index in [1.165, 1.54) is 0 Å². The van der Waals surface area contributed by atoms with E-state index >= 15 is 0 Å². The molecule has 2 aromatic carbocycles. The van der Waals surface area contributed by atoms with Gasteiger partial charge in [0.05, 0.1) is 11.0 Å². The first-order valence-corrected chi connectivity index (χ1v) is 6.91. The van der Waals surface area contributed by atoms with E-state index in [4.69, 9.17) is 10.5 Å². The molecule has 0 amide bonds. The molecule has 0 saturated carbocycles. The summed E-state index contributed by atoms with van der Waals surface area (Å²) in [5.41, 5.74) is 8.44. The number of halogens is 1. The molecule has 20 heavy (non-hydrogen) atoms. The number of nitrogen functional groups attached to an aromatic ring is 1. The van der Waals surface area contributed by atoms with Crippen molar-refractivity contribution in [2.45, 2.75) is 6.61 Å². The molecule has 4 nitrogen and oxygen atoms in total. The number of aromatic nitrogens is 2. The molecule has 0 aliphatic carbocycles. The van der Waals surface area contributed by atoms with Gasteiger partial charge in [-0.25, -0.2) is 9.97 Å². The Bertz CT molecular complexity index is 761. The molecule has 0 aliphatic heterocycles. The summed E-state index contributed by atoms with van der Waals surface area (Å²) in [5, 5.41) is 0. The third-order valence-corrected chi connectivity index (χ3v) is 3.32. The lowest BCUT2D eigenvalue weighted by Crippen LogP contribution is -2.03. The molecule has 0 spiro atoms. The smallest absolute Gasteiger partial charge is 0.258 e. The topological polar surface area (TPSA) is 61.0 Å². The van der Waals surface area contributed by atoms with Crippen LogP contribution in [0, 0.1) is 0 Å². The van der Waals surface area contributed by atoms with Crippen LogP contribution in [-0.4, -0.2) is 9.97 Å². The zero-order chi connectivity index (χ0) is 13.9. The zero-order valence-corrected chi connectivity index (χ0v) is 12.2. The predicted octanol–water partition coefficient (Wildman–Crippen LogP) is 3.55. The quantitative estimate of drug-likeness (QED) is 0.798. The van der Waals surface area contributed by atoms with Crippen LogP contribution in [0.2, 0.25) is 0 Å². The minimum atomic E-state index is 0.304. The minimum Gasteiger partial charge on any atom is -0.470 e. The van der Waals surface area contributed by atoms with E-state index in [1.807, 2.05) is 48.5 Å². The molecule has 100 valence electrons. The van der Waals surface area contributed by atoms with E-state index in [1.54, 1.807) is 0 Å². The summed E-state index contributed by atoms with van der Waals surface area (Å²) in [6.45, 7) is 0.399. The number of hydrogen-bond acceptors (Lipinski definition) is 4. The summed E-state index contributed by atoms with van der Waals surface area (Å²) >= 11 is 3.43. The molecule has 0 fully saturated rings. The predicted molar refractivity (Wildman–Crippen MR) is 82.4 cm³/mol. The van der Waals surface area contributed by atoms with Crippen molar-refractivity contribution in [3.05, 3.63) is 58.6 Å². The Morgan fingerprint density at radius 2 is 1.75 bits per heavy atom. The second kappa shape index (κ2) is 5.46. The van der Waals surface area contributed by atoms with Crippen LogP contribution >= 0.6 is 15.9 Å². The number of para-hydroxylation sites is 2. The number of fused-ring (bicyclic) bond motifs is 1. The van der Waals surface area contributed by atoms with Crippen molar-refractivity contribution < 1.29 is 4.74 Å². The van der Waals surface area contributed by atoms with Crippen LogP contribution in [-0.2, 0) is 6.61 Å². The van der Waals surface area contributed by atoms with Crippen molar-refractivity contribution in [1.82, 2.24) is 9.97 Å². The molecule has 1 heterocycles. The monoisotopic (exact) mass is 329 g/mol. The first-order valence-electron chi connectivity index (χ1n) is 6.12. The van der Waals surface area contributed by atoms with Crippen LogP contribution in [0.25, 0.3) is 11.0 Å². The summed E-state index contributed by atoms with van der Waals surface area (Å²) < 4.78 is 6.68. The molecule has 1 aromatic heterocycles. The van der Waals surface area contributed by atoms with Gasteiger partial charge in [-0.15, -0.1) is 0 Å². The average Bonchev–Trinajstić information content (AvgIpc) is 2.45. The molecule has 3 rings (SSSR count). The Morgan fingerprint density at radius 3 is 2.50 bits per heavy atom. The second-order valence-electron chi connectivity index (χ2n) is 4.32. The van der Waals surface area contributed by atoms with Gasteiger partial charge in [-0.3, -0.25) is 0 Å². The normalized spacial score (nSPS) is 10.7. The molecule has 2 N–H and O–H groups in total. The molecule has 0 saturated heterocycles. The van der Waals surface area contributed by atoms with Crippen molar-refractivity contribution in [3.8, 4) is 5.88 Å². The van der Waals surface area contributed by atoms with Gasteiger partial charge >= 0.3 is 0 Å². The van der Waals surface area contributed by atoms with Gasteiger partial charge in [0, 0.05) is 4.47 Å². The maximum atomic E-state index is 5.87. The molecule has 0 atom stereocenters. The van der Waals surface area contributed by atoms with Gasteiger partial charge < -0.3 is 10.5 Å². The molecule has 0 radical (unpaired) electrons. The summed E-state index contributed by atoms with van der Waals surface area (Å²) in [6.07, 6.45) is 0. The molecular formula is C15H12BrN3O. The number of ether oxygens (including phenoxy) is 1. The van der Waals surface area contributed by atoms with Gasteiger partial charge in [-0.05, 0) is 29.8 Å². The van der Waals surface area contributed by atoms with Crippen molar-refractivity contribution in [2.24, 2.45) is 0 Å². The number of nitrogens with zero attached hydrogens (tertiary/aromatic N) is 2. The van der Waals surface area contributed by atoms with Crippen LogP contribution in [0.15, 0.2) is 53.0 Å². The molecule has 0 unspecified atom stereocenters. The van der Waals surface area contributed by atoms with Crippen LogP contribution in [0.3, 0.4) is 0 Å². The fraction of sp³-hybridized carbons (Fsp3) is 0.0667. The maximum Gasteiger partial charge on any atom is 0.258 e. The molecule has 5 heteroatoms.